The van der Waals surface area contributed by atoms with Crippen LogP contribution >= 0.6 is 12.6 Å². The van der Waals surface area contributed by atoms with Crippen LogP contribution in [-0.4, -0.2) is 68.7 Å². The number of aromatic amines is 1. The van der Waals surface area contributed by atoms with Crippen molar-refractivity contribution in [3.8, 4) is 0 Å². The van der Waals surface area contributed by atoms with Gasteiger partial charge in [0.25, 0.3) is 0 Å². The summed E-state index contributed by atoms with van der Waals surface area (Å²) in [4.78, 5) is 57.1. The van der Waals surface area contributed by atoms with Crippen molar-refractivity contribution in [2.24, 2.45) is 11.7 Å². The average molecular weight is 519 g/mol. The van der Waals surface area contributed by atoms with Gasteiger partial charge in [-0.15, -0.1) is 0 Å². The van der Waals surface area contributed by atoms with Crippen molar-refractivity contribution < 1.29 is 24.3 Å². The fourth-order valence-electron chi connectivity index (χ4n) is 3.47. The van der Waals surface area contributed by atoms with Crippen LogP contribution in [0.3, 0.4) is 0 Å². The highest BCUT2D eigenvalue weighted by Gasteiger charge is 2.32. The number of carboxylic acids is 1. The summed E-state index contributed by atoms with van der Waals surface area (Å²) in [5.41, 5.74) is 7.41. The average Bonchev–Trinajstić information content (AvgIpc) is 3.38. The zero-order valence-electron chi connectivity index (χ0n) is 20.3. The highest BCUT2D eigenvalue weighted by Crippen LogP contribution is 2.10. The zero-order chi connectivity index (χ0) is 26.7. The molecule has 196 valence electrons. The van der Waals surface area contributed by atoms with Crippen LogP contribution in [0.25, 0.3) is 0 Å². The first kappa shape index (κ1) is 28.9. The Morgan fingerprint density at radius 3 is 2.25 bits per heavy atom. The van der Waals surface area contributed by atoms with Gasteiger partial charge in [-0.3, -0.25) is 14.4 Å². The van der Waals surface area contributed by atoms with Crippen LogP contribution in [0.2, 0.25) is 0 Å². The van der Waals surface area contributed by atoms with Gasteiger partial charge >= 0.3 is 5.97 Å². The lowest BCUT2D eigenvalue weighted by molar-refractivity contribution is -0.142. The summed E-state index contributed by atoms with van der Waals surface area (Å²) in [6, 6.07) is 4.71. The number of hydrogen-bond donors (Lipinski definition) is 7. The molecule has 0 bridgehead atoms. The summed E-state index contributed by atoms with van der Waals surface area (Å²) >= 11 is 4.16. The number of aliphatic carboxylic acids is 1. The molecule has 0 aliphatic heterocycles. The molecule has 2 rings (SSSR count). The van der Waals surface area contributed by atoms with E-state index >= 15 is 0 Å². The molecule has 2 aromatic rings. The summed E-state index contributed by atoms with van der Waals surface area (Å²) in [5, 5.41) is 17.3. The maximum Gasteiger partial charge on any atom is 0.326 e. The smallest absolute Gasteiger partial charge is 0.326 e. The van der Waals surface area contributed by atoms with Gasteiger partial charge in [0.2, 0.25) is 17.7 Å². The number of carbonyl (C=O) groups is 4. The third-order valence-corrected chi connectivity index (χ3v) is 6.20. The van der Waals surface area contributed by atoms with E-state index in [0.717, 1.165) is 5.56 Å². The third-order valence-electron chi connectivity index (χ3n) is 5.84. The molecule has 1 aromatic carbocycles. The molecule has 36 heavy (non-hydrogen) atoms. The highest BCUT2D eigenvalue weighted by molar-refractivity contribution is 7.80. The number of carbonyl (C=O) groups excluding carboxylic acids is 3. The molecule has 7 N–H and O–H groups in total. The Kier molecular flexibility index (Phi) is 11.4. The van der Waals surface area contributed by atoms with Crippen molar-refractivity contribution in [3.05, 3.63) is 54.1 Å². The Bertz CT molecular complexity index is 1000. The van der Waals surface area contributed by atoms with Crippen LogP contribution < -0.4 is 21.7 Å². The molecule has 0 spiro atoms. The van der Waals surface area contributed by atoms with Crippen LogP contribution in [0, 0.1) is 5.92 Å². The molecular formula is C24H34N6O5S. The van der Waals surface area contributed by atoms with Crippen molar-refractivity contribution in [3.63, 3.8) is 0 Å². The second-order valence-electron chi connectivity index (χ2n) is 8.59. The molecule has 5 atom stereocenters. The van der Waals surface area contributed by atoms with Gasteiger partial charge in [-0.05, 0) is 11.5 Å². The van der Waals surface area contributed by atoms with Crippen molar-refractivity contribution in [1.29, 1.82) is 0 Å². The molecule has 0 aliphatic carbocycles. The van der Waals surface area contributed by atoms with Crippen molar-refractivity contribution >= 4 is 36.3 Å². The molecule has 0 saturated heterocycles. The van der Waals surface area contributed by atoms with Crippen LogP contribution in [0.4, 0.5) is 0 Å². The fourth-order valence-corrected chi connectivity index (χ4v) is 3.72. The SMILES string of the molecule is CCC(C)C(NC(=O)C(N)Cc1cnc[nH]1)C(=O)NC(CS)C(=O)NC(Cc1ccccc1)C(=O)O. The molecule has 11 nitrogen and oxygen atoms in total. The lowest BCUT2D eigenvalue weighted by Gasteiger charge is -2.27. The molecule has 0 radical (unpaired) electrons. The first-order valence-electron chi connectivity index (χ1n) is 11.7. The minimum absolute atomic E-state index is 0.0737. The Balaban J connectivity index is 2.04. The number of imidazole rings is 1. The molecule has 0 saturated carbocycles. The normalized spacial score (nSPS) is 15.1. The minimum Gasteiger partial charge on any atom is -0.480 e. The predicted octanol–water partition coefficient (Wildman–Crippen LogP) is 0.0371. The number of aromatic nitrogens is 2. The highest BCUT2D eigenvalue weighted by atomic mass is 32.1. The topological polar surface area (TPSA) is 179 Å². The van der Waals surface area contributed by atoms with E-state index in [1.54, 1.807) is 43.5 Å². The largest absolute Gasteiger partial charge is 0.480 e. The molecule has 0 fully saturated rings. The standard InChI is InChI=1S/C24H34N6O5S/c1-3-14(2)20(30-21(31)17(25)10-16-11-26-13-27-16)23(33)29-19(12-36)22(32)28-18(24(34)35)9-15-7-5-4-6-8-15/h4-8,11,13-14,17-20,36H,3,9-10,12,25H2,1-2H3,(H,26,27)(H,28,32)(H,29,33)(H,30,31)(H,34,35). The number of benzene rings is 1. The van der Waals surface area contributed by atoms with Gasteiger partial charge in [0.1, 0.15) is 18.1 Å². The fraction of sp³-hybridized carbons (Fsp3) is 0.458. The lowest BCUT2D eigenvalue weighted by atomic mass is 9.97. The second-order valence-corrected chi connectivity index (χ2v) is 8.96. The van der Waals surface area contributed by atoms with Gasteiger partial charge in [0, 0.05) is 30.5 Å². The maximum absolute atomic E-state index is 13.1. The lowest BCUT2D eigenvalue weighted by Crippen LogP contribution is -2.59. The summed E-state index contributed by atoms with van der Waals surface area (Å²) in [7, 11) is 0. The van der Waals surface area contributed by atoms with Crippen LogP contribution in [0.5, 0.6) is 0 Å². The van der Waals surface area contributed by atoms with E-state index in [0.29, 0.717) is 12.1 Å². The van der Waals surface area contributed by atoms with E-state index in [1.165, 1.54) is 6.33 Å². The van der Waals surface area contributed by atoms with Crippen molar-refractivity contribution in [2.75, 3.05) is 5.75 Å². The van der Waals surface area contributed by atoms with Crippen LogP contribution in [0.15, 0.2) is 42.9 Å². The molecule has 12 heteroatoms. The predicted molar refractivity (Wildman–Crippen MR) is 137 cm³/mol. The summed E-state index contributed by atoms with van der Waals surface area (Å²) in [6.07, 6.45) is 3.90. The summed E-state index contributed by atoms with van der Waals surface area (Å²) in [6.45, 7) is 3.66. The van der Waals surface area contributed by atoms with Gasteiger partial charge in [-0.1, -0.05) is 50.6 Å². The Morgan fingerprint density at radius 1 is 1.03 bits per heavy atom. The number of carboxylic acid groups (broad SMARTS) is 1. The number of rotatable bonds is 14. The molecule has 1 aromatic heterocycles. The van der Waals surface area contributed by atoms with Crippen LogP contribution in [0.1, 0.15) is 31.5 Å². The van der Waals surface area contributed by atoms with E-state index in [1.807, 2.05) is 6.92 Å². The van der Waals surface area contributed by atoms with Gasteiger partial charge < -0.3 is 31.8 Å². The molecule has 5 unspecified atom stereocenters. The first-order chi connectivity index (χ1) is 17.2. The first-order valence-corrected chi connectivity index (χ1v) is 12.3. The maximum atomic E-state index is 13.1. The van der Waals surface area contributed by atoms with Crippen LogP contribution in [-0.2, 0) is 32.0 Å². The number of H-pyrrole nitrogens is 1. The van der Waals surface area contributed by atoms with E-state index in [-0.39, 0.29) is 24.5 Å². The number of amides is 3. The number of nitrogens with one attached hydrogen (secondary N) is 4. The van der Waals surface area contributed by atoms with E-state index < -0.39 is 47.9 Å². The van der Waals surface area contributed by atoms with Gasteiger partial charge in [0.05, 0.1) is 12.4 Å². The zero-order valence-corrected chi connectivity index (χ0v) is 21.2. The van der Waals surface area contributed by atoms with Gasteiger partial charge in [-0.25, -0.2) is 9.78 Å². The summed E-state index contributed by atoms with van der Waals surface area (Å²) < 4.78 is 0. The second kappa shape index (κ2) is 14.2. The molecule has 1 heterocycles. The molecule has 3 amide bonds. The Morgan fingerprint density at radius 2 is 1.69 bits per heavy atom. The quantitative estimate of drug-likeness (QED) is 0.172. The summed E-state index contributed by atoms with van der Waals surface area (Å²) in [5.74, 6) is -3.34. The Labute approximate surface area is 215 Å². The van der Waals surface area contributed by atoms with Gasteiger partial charge in [-0.2, -0.15) is 12.6 Å². The monoisotopic (exact) mass is 518 g/mol. The van der Waals surface area contributed by atoms with Gasteiger partial charge in [0.15, 0.2) is 0 Å². The van der Waals surface area contributed by atoms with E-state index in [4.69, 9.17) is 5.73 Å². The molecular weight excluding hydrogens is 484 g/mol. The number of nitrogens with two attached hydrogens (primary N) is 1. The van der Waals surface area contributed by atoms with E-state index in [2.05, 4.69) is 38.5 Å². The third kappa shape index (κ3) is 8.68. The Hall–Kier alpha value is -3.38. The number of nitrogens with zero attached hydrogens (tertiary/aromatic N) is 1. The van der Waals surface area contributed by atoms with E-state index in [9.17, 15) is 24.3 Å². The molecule has 0 aliphatic rings. The minimum atomic E-state index is -1.20. The van der Waals surface area contributed by atoms with Crippen molar-refractivity contribution in [1.82, 2.24) is 25.9 Å². The van der Waals surface area contributed by atoms with Crippen molar-refractivity contribution in [2.45, 2.75) is 57.3 Å². The number of thiol groups is 1. The number of hydrogen-bond acceptors (Lipinski definition) is 7.